The molecule has 0 radical (unpaired) electrons. The molecule has 6 heteroatoms. The van der Waals surface area contributed by atoms with Gasteiger partial charge in [-0.15, -0.1) is 11.8 Å². The Kier molecular flexibility index (Phi) is 4.42. The van der Waals surface area contributed by atoms with Crippen LogP contribution >= 0.6 is 11.8 Å². The van der Waals surface area contributed by atoms with Crippen LogP contribution in [-0.4, -0.2) is 44.0 Å². The Morgan fingerprint density at radius 3 is 2.79 bits per heavy atom. The van der Waals surface area contributed by atoms with E-state index in [9.17, 15) is 9.59 Å². The fraction of sp³-hybridized carbons (Fsp3) is 0.462. The minimum Gasteiger partial charge on any atom is -0.480 e. The first kappa shape index (κ1) is 13.9. The average Bonchev–Trinajstić information content (AvgIpc) is 2.79. The molecule has 2 rings (SSSR count). The van der Waals surface area contributed by atoms with Crippen LogP contribution in [0.4, 0.5) is 0 Å². The summed E-state index contributed by atoms with van der Waals surface area (Å²) in [5, 5.41) is 9.06. The van der Waals surface area contributed by atoms with Crippen molar-refractivity contribution in [3.8, 4) is 0 Å². The van der Waals surface area contributed by atoms with E-state index in [1.165, 1.54) is 16.7 Å². The van der Waals surface area contributed by atoms with Gasteiger partial charge in [0.15, 0.2) is 0 Å². The molecule has 1 aromatic rings. The van der Waals surface area contributed by atoms with Crippen LogP contribution in [0.2, 0.25) is 0 Å². The summed E-state index contributed by atoms with van der Waals surface area (Å²) in [4.78, 5) is 28.7. The molecule has 5 nitrogen and oxygen atoms in total. The third kappa shape index (κ3) is 3.26. The van der Waals surface area contributed by atoms with Gasteiger partial charge in [0.05, 0.1) is 5.37 Å². The van der Waals surface area contributed by atoms with E-state index in [4.69, 9.17) is 5.11 Å². The van der Waals surface area contributed by atoms with Crippen molar-refractivity contribution in [3.05, 3.63) is 30.1 Å². The van der Waals surface area contributed by atoms with Gasteiger partial charge in [-0.25, -0.2) is 4.79 Å². The number of aliphatic carboxylic acids is 1. The minimum absolute atomic E-state index is 0.0639. The van der Waals surface area contributed by atoms with Crippen molar-refractivity contribution in [2.24, 2.45) is 0 Å². The predicted octanol–water partition coefficient (Wildman–Crippen LogP) is 1.39. The summed E-state index contributed by atoms with van der Waals surface area (Å²) in [5.41, 5.74) is 1.04. The van der Waals surface area contributed by atoms with Crippen molar-refractivity contribution < 1.29 is 14.7 Å². The number of rotatable bonds is 4. The van der Waals surface area contributed by atoms with Crippen LogP contribution in [0.1, 0.15) is 18.9 Å². The summed E-state index contributed by atoms with van der Waals surface area (Å²) >= 11 is 1.51. The summed E-state index contributed by atoms with van der Waals surface area (Å²) in [6.45, 7) is 1.87. The maximum absolute atomic E-state index is 12.2. The van der Waals surface area contributed by atoms with Crippen LogP contribution in [0.5, 0.6) is 0 Å². The van der Waals surface area contributed by atoms with Gasteiger partial charge in [-0.05, 0) is 31.0 Å². The maximum atomic E-state index is 12.2. The monoisotopic (exact) mass is 280 g/mol. The number of carbonyl (C=O) groups is 2. The first-order valence-electron chi connectivity index (χ1n) is 6.14. The molecule has 1 amide bonds. The van der Waals surface area contributed by atoms with Crippen molar-refractivity contribution >= 4 is 23.6 Å². The lowest BCUT2D eigenvalue weighted by Crippen LogP contribution is -2.44. The third-order valence-electron chi connectivity index (χ3n) is 3.17. The standard InChI is InChI=1S/C13H16N2O3S/c1-9-15(11(8-19-9)13(17)18)12(16)3-2-10-4-6-14-7-5-10/h4-7,9,11H,2-3,8H2,1H3,(H,17,18). The number of pyridine rings is 1. The lowest BCUT2D eigenvalue weighted by atomic mass is 10.1. The highest BCUT2D eigenvalue weighted by Crippen LogP contribution is 2.29. The van der Waals surface area contributed by atoms with E-state index in [0.717, 1.165) is 5.56 Å². The van der Waals surface area contributed by atoms with E-state index in [2.05, 4.69) is 4.98 Å². The number of carboxylic acids is 1. The number of nitrogens with zero attached hydrogens (tertiary/aromatic N) is 2. The molecule has 0 spiro atoms. The number of thioether (sulfide) groups is 1. The summed E-state index contributed by atoms with van der Waals surface area (Å²) < 4.78 is 0. The Balaban J connectivity index is 1.97. The molecule has 19 heavy (non-hydrogen) atoms. The molecule has 1 fully saturated rings. The number of amides is 1. The van der Waals surface area contributed by atoms with Crippen LogP contribution < -0.4 is 0 Å². The number of hydrogen-bond acceptors (Lipinski definition) is 4. The van der Waals surface area contributed by atoms with Crippen molar-refractivity contribution in [2.45, 2.75) is 31.2 Å². The van der Waals surface area contributed by atoms with Crippen molar-refractivity contribution in [1.82, 2.24) is 9.88 Å². The van der Waals surface area contributed by atoms with Crippen LogP contribution in [0.3, 0.4) is 0 Å². The SMILES string of the molecule is CC1SCC(C(=O)O)N1C(=O)CCc1ccncc1. The zero-order valence-electron chi connectivity index (χ0n) is 10.7. The number of hydrogen-bond donors (Lipinski definition) is 1. The molecule has 1 aliphatic heterocycles. The summed E-state index contributed by atoms with van der Waals surface area (Å²) in [7, 11) is 0. The highest BCUT2D eigenvalue weighted by Gasteiger charge is 2.38. The van der Waals surface area contributed by atoms with Crippen LogP contribution in [-0.2, 0) is 16.0 Å². The predicted molar refractivity (Wildman–Crippen MR) is 72.7 cm³/mol. The van der Waals surface area contributed by atoms with E-state index in [1.54, 1.807) is 12.4 Å². The maximum Gasteiger partial charge on any atom is 0.327 e. The smallest absolute Gasteiger partial charge is 0.327 e. The number of aryl methyl sites for hydroxylation is 1. The molecule has 102 valence electrons. The highest BCUT2D eigenvalue weighted by atomic mass is 32.2. The molecule has 0 saturated carbocycles. The van der Waals surface area contributed by atoms with E-state index < -0.39 is 12.0 Å². The number of carbonyl (C=O) groups excluding carboxylic acids is 1. The zero-order chi connectivity index (χ0) is 13.8. The Bertz CT molecular complexity index is 466. The zero-order valence-corrected chi connectivity index (χ0v) is 11.5. The Morgan fingerprint density at radius 2 is 2.16 bits per heavy atom. The lowest BCUT2D eigenvalue weighted by Gasteiger charge is -2.25. The van der Waals surface area contributed by atoms with Crippen molar-refractivity contribution in [3.63, 3.8) is 0 Å². The fourth-order valence-corrected chi connectivity index (χ4v) is 3.33. The lowest BCUT2D eigenvalue weighted by molar-refractivity contribution is -0.148. The van der Waals surface area contributed by atoms with Crippen molar-refractivity contribution in [1.29, 1.82) is 0 Å². The molecule has 2 unspecified atom stereocenters. The number of carboxylic acid groups (broad SMARTS) is 1. The van der Waals surface area contributed by atoms with Crippen LogP contribution in [0.25, 0.3) is 0 Å². The summed E-state index contributed by atoms with van der Waals surface area (Å²) in [6, 6.07) is 3.04. The quantitative estimate of drug-likeness (QED) is 0.902. The second kappa shape index (κ2) is 6.06. The minimum atomic E-state index is -0.922. The van der Waals surface area contributed by atoms with E-state index >= 15 is 0 Å². The average molecular weight is 280 g/mol. The second-order valence-corrected chi connectivity index (χ2v) is 5.79. The van der Waals surface area contributed by atoms with E-state index in [1.807, 2.05) is 19.1 Å². The van der Waals surface area contributed by atoms with E-state index in [-0.39, 0.29) is 11.3 Å². The number of aromatic nitrogens is 1. The van der Waals surface area contributed by atoms with Gasteiger partial charge < -0.3 is 10.0 Å². The molecule has 0 bridgehead atoms. The second-order valence-electron chi connectivity index (χ2n) is 4.44. The first-order chi connectivity index (χ1) is 9.09. The summed E-state index contributed by atoms with van der Waals surface area (Å²) in [5.74, 6) is -0.548. The van der Waals surface area contributed by atoms with Crippen LogP contribution in [0.15, 0.2) is 24.5 Å². The highest BCUT2D eigenvalue weighted by molar-refractivity contribution is 8.00. The molecular weight excluding hydrogens is 264 g/mol. The third-order valence-corrected chi connectivity index (χ3v) is 4.39. The molecule has 2 heterocycles. The van der Waals surface area contributed by atoms with Gasteiger partial charge in [0, 0.05) is 24.6 Å². The molecule has 0 aliphatic carbocycles. The van der Waals surface area contributed by atoms with Gasteiger partial charge in [0.2, 0.25) is 5.91 Å². The van der Waals surface area contributed by atoms with Gasteiger partial charge in [-0.1, -0.05) is 0 Å². The van der Waals surface area contributed by atoms with Crippen LogP contribution in [0, 0.1) is 0 Å². The molecule has 0 aromatic carbocycles. The van der Waals surface area contributed by atoms with Gasteiger partial charge in [0.1, 0.15) is 6.04 Å². The topological polar surface area (TPSA) is 70.5 Å². The molecule has 1 aliphatic rings. The Labute approximate surface area is 116 Å². The van der Waals surface area contributed by atoms with E-state index in [0.29, 0.717) is 18.6 Å². The van der Waals surface area contributed by atoms with Gasteiger partial charge in [-0.3, -0.25) is 9.78 Å². The first-order valence-corrected chi connectivity index (χ1v) is 7.19. The Hall–Kier alpha value is -1.56. The fourth-order valence-electron chi connectivity index (χ4n) is 2.14. The summed E-state index contributed by atoms with van der Waals surface area (Å²) in [6.07, 6.45) is 4.32. The molecule has 2 atom stereocenters. The molecule has 1 saturated heterocycles. The van der Waals surface area contributed by atoms with Gasteiger partial charge >= 0.3 is 5.97 Å². The van der Waals surface area contributed by atoms with Crippen molar-refractivity contribution in [2.75, 3.05) is 5.75 Å². The Morgan fingerprint density at radius 1 is 1.47 bits per heavy atom. The van der Waals surface area contributed by atoms with Gasteiger partial charge in [0.25, 0.3) is 0 Å². The molecule has 1 N–H and O–H groups in total. The molecule has 1 aromatic heterocycles. The molecular formula is C13H16N2O3S. The normalized spacial score (nSPS) is 22.5. The van der Waals surface area contributed by atoms with Gasteiger partial charge in [-0.2, -0.15) is 0 Å². The largest absolute Gasteiger partial charge is 0.480 e.